The van der Waals surface area contributed by atoms with Crippen LogP contribution >= 0.6 is 0 Å². The Labute approximate surface area is 126 Å². The Balaban J connectivity index is 1.97. The summed E-state index contributed by atoms with van der Waals surface area (Å²) in [4.78, 5) is 4.46. The summed E-state index contributed by atoms with van der Waals surface area (Å²) >= 11 is 0. The first-order valence-corrected chi connectivity index (χ1v) is 8.81. The molecule has 0 amide bonds. The Morgan fingerprint density at radius 1 is 0.800 bits per heavy atom. The lowest BCUT2D eigenvalue weighted by molar-refractivity contribution is 0.556. The molecule has 0 atom stereocenters. The van der Waals surface area contributed by atoms with E-state index in [1.165, 1.54) is 81.9 Å². The number of hydrogen-bond donors (Lipinski definition) is 0. The molecule has 0 aliphatic heterocycles. The first-order valence-electron chi connectivity index (χ1n) is 8.81. The molecule has 1 aromatic rings. The molecule has 20 heavy (non-hydrogen) atoms. The van der Waals surface area contributed by atoms with Gasteiger partial charge in [-0.15, -0.1) is 0 Å². The van der Waals surface area contributed by atoms with Gasteiger partial charge in [0, 0.05) is 11.9 Å². The van der Waals surface area contributed by atoms with Gasteiger partial charge in [0.2, 0.25) is 0 Å². The maximum absolute atomic E-state index is 4.46. The Bertz CT molecular complexity index is 332. The van der Waals surface area contributed by atoms with E-state index in [0.29, 0.717) is 0 Å². The number of hydrogen-bond acceptors (Lipinski definition) is 1. The maximum atomic E-state index is 4.46. The average Bonchev–Trinajstić information content (AvgIpc) is 2.49. The van der Waals surface area contributed by atoms with Crippen molar-refractivity contribution in [2.24, 2.45) is 0 Å². The van der Waals surface area contributed by atoms with Crippen molar-refractivity contribution in [3.8, 4) is 0 Å². The van der Waals surface area contributed by atoms with E-state index >= 15 is 0 Å². The van der Waals surface area contributed by atoms with Gasteiger partial charge in [0.15, 0.2) is 0 Å². The summed E-state index contributed by atoms with van der Waals surface area (Å²) < 4.78 is 0. The molecule has 0 saturated carbocycles. The van der Waals surface area contributed by atoms with Gasteiger partial charge in [-0.3, -0.25) is 4.98 Å². The molecule has 1 nitrogen and oxygen atoms in total. The minimum Gasteiger partial charge on any atom is -0.261 e. The Morgan fingerprint density at radius 3 is 2.00 bits per heavy atom. The van der Waals surface area contributed by atoms with E-state index in [0.717, 1.165) is 6.42 Å². The fraction of sp³-hybridized carbons (Fsp3) is 0.737. The number of rotatable bonds is 12. The lowest BCUT2D eigenvalue weighted by atomic mass is 10.0. The largest absolute Gasteiger partial charge is 0.261 e. The van der Waals surface area contributed by atoms with Crippen LogP contribution in [-0.2, 0) is 12.8 Å². The van der Waals surface area contributed by atoms with Crippen LogP contribution in [0.25, 0.3) is 0 Å². The van der Waals surface area contributed by atoms with E-state index in [2.05, 4.69) is 31.0 Å². The third-order valence-corrected chi connectivity index (χ3v) is 4.12. The van der Waals surface area contributed by atoms with Crippen LogP contribution in [-0.4, -0.2) is 4.98 Å². The van der Waals surface area contributed by atoms with E-state index in [4.69, 9.17) is 0 Å². The highest BCUT2D eigenvalue weighted by molar-refractivity contribution is 5.19. The highest BCUT2D eigenvalue weighted by atomic mass is 14.7. The number of aromatic nitrogens is 1. The number of aryl methyl sites for hydroxylation is 2. The molecule has 0 saturated heterocycles. The van der Waals surface area contributed by atoms with Crippen molar-refractivity contribution in [3.05, 3.63) is 29.6 Å². The smallest absolute Gasteiger partial charge is 0.0432 e. The molecule has 0 spiro atoms. The standard InChI is InChI=1S/C19H33N/c1-3-5-6-7-8-9-10-11-12-13-15-18-16-14-17-20-19(18)4-2/h14,16-17H,3-13,15H2,1-2H3. The molecule has 0 unspecified atom stereocenters. The van der Waals surface area contributed by atoms with Crippen molar-refractivity contribution in [1.29, 1.82) is 0 Å². The molecule has 0 fully saturated rings. The zero-order valence-electron chi connectivity index (χ0n) is 13.7. The molecular formula is C19H33N. The highest BCUT2D eigenvalue weighted by Crippen LogP contribution is 2.14. The summed E-state index contributed by atoms with van der Waals surface area (Å²) in [7, 11) is 0. The molecule has 114 valence electrons. The van der Waals surface area contributed by atoms with Gasteiger partial charge in [-0.1, -0.05) is 77.7 Å². The lowest BCUT2D eigenvalue weighted by Crippen LogP contribution is -1.96. The van der Waals surface area contributed by atoms with Crippen molar-refractivity contribution in [1.82, 2.24) is 4.98 Å². The van der Waals surface area contributed by atoms with Crippen LogP contribution in [0.1, 0.15) is 89.3 Å². The number of unbranched alkanes of at least 4 members (excludes halogenated alkanes) is 9. The average molecular weight is 275 g/mol. The molecule has 0 N–H and O–H groups in total. The summed E-state index contributed by atoms with van der Waals surface area (Å²) in [6.45, 7) is 4.48. The summed E-state index contributed by atoms with van der Waals surface area (Å²) in [6.07, 6.45) is 18.3. The molecule has 0 aromatic carbocycles. The van der Waals surface area contributed by atoms with E-state index in [9.17, 15) is 0 Å². The summed E-state index contributed by atoms with van der Waals surface area (Å²) in [5, 5.41) is 0. The third-order valence-electron chi connectivity index (χ3n) is 4.12. The molecule has 1 heterocycles. The quantitative estimate of drug-likeness (QED) is 0.419. The second-order valence-corrected chi connectivity index (χ2v) is 5.89. The van der Waals surface area contributed by atoms with Gasteiger partial charge in [-0.05, 0) is 30.9 Å². The van der Waals surface area contributed by atoms with Gasteiger partial charge in [0.1, 0.15) is 0 Å². The predicted octanol–water partition coefficient (Wildman–Crippen LogP) is 6.11. The zero-order valence-corrected chi connectivity index (χ0v) is 13.7. The molecule has 1 aromatic heterocycles. The molecular weight excluding hydrogens is 242 g/mol. The molecule has 0 radical (unpaired) electrons. The molecule has 1 heteroatoms. The SMILES string of the molecule is CCCCCCCCCCCCc1cccnc1CC. The lowest BCUT2D eigenvalue weighted by Gasteiger charge is -2.06. The van der Waals surface area contributed by atoms with E-state index in [-0.39, 0.29) is 0 Å². The van der Waals surface area contributed by atoms with Crippen LogP contribution in [0.2, 0.25) is 0 Å². The van der Waals surface area contributed by atoms with E-state index < -0.39 is 0 Å². The highest BCUT2D eigenvalue weighted by Gasteiger charge is 2.00. The van der Waals surface area contributed by atoms with Crippen LogP contribution in [0.3, 0.4) is 0 Å². The Kier molecular flexibility index (Phi) is 10.3. The minimum atomic E-state index is 1.06. The zero-order chi connectivity index (χ0) is 14.5. The van der Waals surface area contributed by atoms with Crippen LogP contribution in [0.4, 0.5) is 0 Å². The summed E-state index contributed by atoms with van der Waals surface area (Å²) in [5.74, 6) is 0. The van der Waals surface area contributed by atoms with Crippen molar-refractivity contribution >= 4 is 0 Å². The van der Waals surface area contributed by atoms with Crippen LogP contribution in [0.5, 0.6) is 0 Å². The minimum absolute atomic E-state index is 1.06. The Hall–Kier alpha value is -0.850. The maximum Gasteiger partial charge on any atom is 0.0432 e. The van der Waals surface area contributed by atoms with E-state index in [1.807, 2.05) is 6.20 Å². The molecule has 0 aliphatic rings. The normalized spacial score (nSPS) is 10.9. The number of nitrogens with zero attached hydrogens (tertiary/aromatic N) is 1. The first-order chi connectivity index (χ1) is 9.88. The van der Waals surface area contributed by atoms with E-state index in [1.54, 1.807) is 0 Å². The van der Waals surface area contributed by atoms with Gasteiger partial charge in [0.05, 0.1) is 0 Å². The van der Waals surface area contributed by atoms with Crippen LogP contribution < -0.4 is 0 Å². The van der Waals surface area contributed by atoms with Gasteiger partial charge in [0.25, 0.3) is 0 Å². The second-order valence-electron chi connectivity index (χ2n) is 5.89. The monoisotopic (exact) mass is 275 g/mol. The molecule has 0 aliphatic carbocycles. The second kappa shape index (κ2) is 11.9. The van der Waals surface area contributed by atoms with Gasteiger partial charge >= 0.3 is 0 Å². The summed E-state index contributed by atoms with van der Waals surface area (Å²) in [6, 6.07) is 4.32. The van der Waals surface area contributed by atoms with Gasteiger partial charge < -0.3 is 0 Å². The van der Waals surface area contributed by atoms with Crippen molar-refractivity contribution in [2.45, 2.75) is 90.9 Å². The fourth-order valence-electron chi connectivity index (χ4n) is 2.82. The fourth-order valence-corrected chi connectivity index (χ4v) is 2.82. The topological polar surface area (TPSA) is 12.9 Å². The van der Waals surface area contributed by atoms with Crippen LogP contribution in [0, 0.1) is 0 Å². The van der Waals surface area contributed by atoms with Gasteiger partial charge in [-0.2, -0.15) is 0 Å². The van der Waals surface area contributed by atoms with Crippen LogP contribution in [0.15, 0.2) is 18.3 Å². The number of pyridine rings is 1. The third kappa shape index (κ3) is 7.67. The molecule has 0 bridgehead atoms. The molecule has 1 rings (SSSR count). The van der Waals surface area contributed by atoms with Crippen molar-refractivity contribution in [2.75, 3.05) is 0 Å². The van der Waals surface area contributed by atoms with Crippen molar-refractivity contribution in [3.63, 3.8) is 0 Å². The first kappa shape index (κ1) is 17.2. The Morgan fingerprint density at radius 2 is 1.40 bits per heavy atom. The van der Waals surface area contributed by atoms with Gasteiger partial charge in [-0.25, -0.2) is 0 Å². The summed E-state index contributed by atoms with van der Waals surface area (Å²) in [5.41, 5.74) is 2.76. The van der Waals surface area contributed by atoms with Crippen molar-refractivity contribution < 1.29 is 0 Å². The predicted molar refractivity (Wildman–Crippen MR) is 89.2 cm³/mol.